The van der Waals surface area contributed by atoms with Crippen molar-refractivity contribution in [1.29, 1.82) is 0 Å². The smallest absolute Gasteiger partial charge is 0.229 e. The third kappa shape index (κ3) is 4.35. The van der Waals surface area contributed by atoms with Crippen molar-refractivity contribution in [2.24, 2.45) is 0 Å². The summed E-state index contributed by atoms with van der Waals surface area (Å²) in [5.41, 5.74) is 3.78. The molecule has 1 aliphatic rings. The zero-order chi connectivity index (χ0) is 14.6. The molecule has 0 heterocycles. The van der Waals surface area contributed by atoms with E-state index in [4.69, 9.17) is 4.43 Å². The first kappa shape index (κ1) is 16.8. The van der Waals surface area contributed by atoms with Gasteiger partial charge in [-0.3, -0.25) is 0 Å². The van der Waals surface area contributed by atoms with Crippen LogP contribution in [0.25, 0.3) is 0 Å². The monoisotopic (exact) mass is 296 g/mol. The van der Waals surface area contributed by atoms with Gasteiger partial charge in [0, 0.05) is 5.54 Å². The van der Waals surface area contributed by atoms with Gasteiger partial charge < -0.3 is 4.43 Å². The molecule has 0 saturated heterocycles. The van der Waals surface area contributed by atoms with Gasteiger partial charge in [-0.1, -0.05) is 52.4 Å². The van der Waals surface area contributed by atoms with E-state index in [1.54, 1.807) is 11.1 Å². The Labute approximate surface area is 122 Å². The van der Waals surface area contributed by atoms with Gasteiger partial charge in [0.15, 0.2) is 0 Å². The fourth-order valence-corrected chi connectivity index (χ4v) is 5.47. The average molecular weight is 297 g/mol. The van der Waals surface area contributed by atoms with Crippen molar-refractivity contribution >= 4 is 17.1 Å². The van der Waals surface area contributed by atoms with Crippen molar-refractivity contribution in [3.63, 3.8) is 0 Å². The molecule has 0 fully saturated rings. The molecular formula is C16H32OSi2. The fourth-order valence-electron chi connectivity index (χ4n) is 2.80. The molecule has 0 aromatic rings. The molecule has 110 valence electrons. The van der Waals surface area contributed by atoms with Crippen LogP contribution in [-0.2, 0) is 4.43 Å². The van der Waals surface area contributed by atoms with Crippen LogP contribution in [0.15, 0.2) is 23.0 Å². The number of rotatable bonds is 7. The van der Waals surface area contributed by atoms with E-state index in [1.165, 1.54) is 31.4 Å². The molecule has 0 amide bonds. The Morgan fingerprint density at radius 2 is 1.68 bits per heavy atom. The Morgan fingerprint density at radius 1 is 1.11 bits per heavy atom. The quantitative estimate of drug-likeness (QED) is 0.564. The van der Waals surface area contributed by atoms with Gasteiger partial charge in [0.05, 0.1) is 13.8 Å². The van der Waals surface area contributed by atoms with Crippen molar-refractivity contribution in [1.82, 2.24) is 0 Å². The van der Waals surface area contributed by atoms with Gasteiger partial charge in [0.1, 0.15) is 0 Å². The Balaban J connectivity index is 3.16. The first-order valence-corrected chi connectivity index (χ1v) is 14.3. The second-order valence-electron chi connectivity index (χ2n) is 7.05. The summed E-state index contributed by atoms with van der Waals surface area (Å²) in [6.07, 6.45) is 7.45. The molecule has 0 saturated carbocycles. The second-order valence-corrected chi connectivity index (χ2v) is 14.7. The zero-order valence-corrected chi connectivity index (χ0v) is 16.1. The highest BCUT2D eigenvalue weighted by Crippen LogP contribution is 2.45. The molecule has 1 nitrogen and oxygen atoms in total. The molecule has 0 N–H and O–H groups in total. The molecular weight excluding hydrogens is 264 g/mol. The fraction of sp³-hybridized carbons (Fsp3) is 0.750. The van der Waals surface area contributed by atoms with Crippen LogP contribution in [-0.4, -0.2) is 17.1 Å². The summed E-state index contributed by atoms with van der Waals surface area (Å²) in [5, 5.41) is 0. The van der Waals surface area contributed by atoms with Crippen molar-refractivity contribution in [2.45, 2.75) is 77.8 Å². The highest BCUT2D eigenvalue weighted by molar-refractivity contribution is 6.78. The molecule has 1 atom stereocenters. The second kappa shape index (κ2) is 6.93. The Hall–Kier alpha value is -0.286. The van der Waals surface area contributed by atoms with Gasteiger partial charge >= 0.3 is 0 Å². The predicted octanol–water partition coefficient (Wildman–Crippen LogP) is 5.49. The summed E-state index contributed by atoms with van der Waals surface area (Å²) in [5.74, 6) is 1.38. The van der Waals surface area contributed by atoms with Crippen LogP contribution in [0.4, 0.5) is 0 Å². The van der Waals surface area contributed by atoms with E-state index in [0.717, 1.165) is 0 Å². The summed E-state index contributed by atoms with van der Waals surface area (Å²) >= 11 is 0. The van der Waals surface area contributed by atoms with Crippen molar-refractivity contribution in [3.05, 3.63) is 23.0 Å². The largest absolute Gasteiger partial charge is 0.549 e. The third-order valence-electron chi connectivity index (χ3n) is 3.65. The van der Waals surface area contributed by atoms with Gasteiger partial charge in [-0.2, -0.15) is 0 Å². The number of hydrogen-bond acceptors (Lipinski definition) is 1. The lowest BCUT2D eigenvalue weighted by Gasteiger charge is -2.28. The lowest BCUT2D eigenvalue weighted by molar-refractivity contribution is 0.423. The maximum absolute atomic E-state index is 6.39. The van der Waals surface area contributed by atoms with Crippen LogP contribution in [0.5, 0.6) is 0 Å². The zero-order valence-electron chi connectivity index (χ0n) is 14.0. The molecule has 0 aromatic carbocycles. The summed E-state index contributed by atoms with van der Waals surface area (Å²) in [6.45, 7) is 16.5. The number of allylic oxidation sites excluding steroid dienone is 3. The minimum atomic E-state index is -1.23. The first-order chi connectivity index (χ1) is 8.81. The minimum Gasteiger partial charge on any atom is -0.549 e. The lowest BCUT2D eigenvalue weighted by Crippen LogP contribution is -2.29. The third-order valence-corrected chi connectivity index (χ3v) is 6.67. The predicted molar refractivity (Wildman–Crippen MR) is 92.0 cm³/mol. The first-order valence-electron chi connectivity index (χ1n) is 7.92. The van der Waals surface area contributed by atoms with Gasteiger partial charge in [0.2, 0.25) is 9.04 Å². The van der Waals surface area contributed by atoms with Crippen LogP contribution in [0.3, 0.4) is 0 Å². The Bertz CT molecular complexity index is 361. The standard InChI is InChI=1S/C16H32OSi2/c1-8-10-13-12-15(19(5,6)7)16(17-18(3)4)14(13)11-9-2/h12,15,18H,8-11H2,1-7H3. The molecule has 0 bridgehead atoms. The molecule has 1 unspecified atom stereocenters. The van der Waals surface area contributed by atoms with Gasteiger partial charge in [-0.05, 0) is 37.1 Å². The molecule has 0 aliphatic heterocycles. The SMILES string of the molecule is CCCC1=CC([Si](C)(C)C)C(O[SiH](C)C)=C1CCC. The van der Waals surface area contributed by atoms with E-state index >= 15 is 0 Å². The molecule has 1 rings (SSSR count). The van der Waals surface area contributed by atoms with Crippen molar-refractivity contribution in [2.75, 3.05) is 0 Å². The average Bonchev–Trinajstić information content (AvgIpc) is 2.58. The van der Waals surface area contributed by atoms with Crippen LogP contribution < -0.4 is 0 Å². The highest BCUT2D eigenvalue weighted by atomic mass is 28.3. The van der Waals surface area contributed by atoms with Gasteiger partial charge in [-0.15, -0.1) is 0 Å². The highest BCUT2D eigenvalue weighted by Gasteiger charge is 2.36. The van der Waals surface area contributed by atoms with E-state index in [2.05, 4.69) is 52.7 Å². The normalized spacial score (nSPS) is 20.2. The van der Waals surface area contributed by atoms with Gasteiger partial charge in [-0.25, -0.2) is 0 Å². The van der Waals surface area contributed by atoms with E-state index in [9.17, 15) is 0 Å². The maximum Gasteiger partial charge on any atom is 0.229 e. The van der Waals surface area contributed by atoms with Crippen molar-refractivity contribution in [3.8, 4) is 0 Å². The number of hydrogen-bond donors (Lipinski definition) is 0. The Morgan fingerprint density at radius 3 is 2.11 bits per heavy atom. The van der Waals surface area contributed by atoms with Gasteiger partial charge in [0.25, 0.3) is 0 Å². The van der Waals surface area contributed by atoms with E-state index in [-0.39, 0.29) is 0 Å². The van der Waals surface area contributed by atoms with Crippen molar-refractivity contribution < 1.29 is 4.43 Å². The maximum atomic E-state index is 6.39. The molecule has 3 heteroatoms. The summed E-state index contributed by atoms with van der Waals surface area (Å²) in [7, 11) is -2.25. The molecule has 19 heavy (non-hydrogen) atoms. The van der Waals surface area contributed by atoms with E-state index in [1.807, 2.05) is 0 Å². The lowest BCUT2D eigenvalue weighted by atomic mass is 10.0. The van der Waals surface area contributed by atoms with Crippen LogP contribution in [0.1, 0.15) is 39.5 Å². The van der Waals surface area contributed by atoms with E-state index < -0.39 is 17.1 Å². The molecule has 0 aromatic heterocycles. The molecule has 0 spiro atoms. The summed E-state index contributed by atoms with van der Waals surface area (Å²) < 4.78 is 6.39. The summed E-state index contributed by atoms with van der Waals surface area (Å²) in [4.78, 5) is 0. The Kier molecular flexibility index (Phi) is 6.12. The van der Waals surface area contributed by atoms with Crippen LogP contribution in [0, 0.1) is 0 Å². The minimum absolute atomic E-state index is 0.616. The topological polar surface area (TPSA) is 9.23 Å². The molecule has 0 radical (unpaired) electrons. The van der Waals surface area contributed by atoms with Crippen LogP contribution in [0.2, 0.25) is 38.3 Å². The van der Waals surface area contributed by atoms with E-state index in [0.29, 0.717) is 5.54 Å². The molecule has 1 aliphatic carbocycles. The van der Waals surface area contributed by atoms with Crippen LogP contribution >= 0.6 is 0 Å². The summed E-state index contributed by atoms with van der Waals surface area (Å²) in [6, 6.07) is 0.